The molecule has 192 valence electrons. The molecule has 8 nitrogen and oxygen atoms in total. The molecule has 2 aliphatic rings. The second kappa shape index (κ2) is 11.9. The lowest BCUT2D eigenvalue weighted by Gasteiger charge is -2.32. The Kier molecular flexibility index (Phi) is 8.46. The number of hydrogen-bond acceptors (Lipinski definition) is 6. The van der Waals surface area contributed by atoms with Crippen molar-refractivity contribution in [2.75, 3.05) is 38.8 Å². The van der Waals surface area contributed by atoms with Crippen LogP contribution in [0.4, 0.5) is 5.69 Å². The van der Waals surface area contributed by atoms with Gasteiger partial charge in [-0.2, -0.15) is 0 Å². The summed E-state index contributed by atoms with van der Waals surface area (Å²) in [6.45, 7) is 0.679. The molecule has 2 atom stereocenters. The van der Waals surface area contributed by atoms with Crippen LogP contribution >= 0.6 is 0 Å². The topological polar surface area (TPSA) is 94.2 Å². The highest BCUT2D eigenvalue weighted by molar-refractivity contribution is 5.99. The van der Waals surface area contributed by atoms with E-state index < -0.39 is 17.8 Å². The summed E-state index contributed by atoms with van der Waals surface area (Å²) in [5, 5.41) is 2.78. The number of anilines is 1. The van der Waals surface area contributed by atoms with Crippen molar-refractivity contribution in [3.05, 3.63) is 53.6 Å². The maximum absolute atomic E-state index is 13.4. The largest absolute Gasteiger partial charge is 0.493 e. The Morgan fingerprint density at radius 2 is 1.72 bits per heavy atom. The molecule has 1 saturated carbocycles. The van der Waals surface area contributed by atoms with Gasteiger partial charge in [-0.3, -0.25) is 14.4 Å². The minimum absolute atomic E-state index is 0.0130. The summed E-state index contributed by atoms with van der Waals surface area (Å²) < 4.78 is 15.9. The van der Waals surface area contributed by atoms with Gasteiger partial charge in [0, 0.05) is 18.8 Å². The number of benzene rings is 2. The monoisotopic (exact) mass is 494 g/mol. The SMILES string of the molecule is COc1ccc(CCNC(=O)COC(=O)C2CCCCC2C(=O)N2CCc3ccccc32)cc1OC. The summed E-state index contributed by atoms with van der Waals surface area (Å²) >= 11 is 0. The van der Waals surface area contributed by atoms with Gasteiger partial charge in [0.25, 0.3) is 5.91 Å². The Bertz CT molecular complexity index is 1100. The standard InChI is InChI=1S/C28H34N2O6/c1-34-24-12-11-19(17-25(24)35-2)13-15-29-26(31)18-36-28(33)22-9-5-4-8-21(22)27(32)30-16-14-20-7-3-6-10-23(20)30/h3,6-7,10-12,17,21-22H,4-5,8-9,13-16,18H2,1-2H3,(H,29,31). The zero-order chi connectivity index (χ0) is 25.5. The number of esters is 1. The molecular weight excluding hydrogens is 460 g/mol. The molecule has 0 saturated heterocycles. The number of nitrogens with zero attached hydrogens (tertiary/aromatic N) is 1. The molecule has 1 fully saturated rings. The number of carbonyl (C=O) groups is 3. The number of rotatable bonds is 9. The molecule has 4 rings (SSSR count). The first-order chi connectivity index (χ1) is 17.5. The average Bonchev–Trinajstić information content (AvgIpc) is 3.35. The van der Waals surface area contributed by atoms with Gasteiger partial charge in [-0.1, -0.05) is 37.1 Å². The number of nitrogens with one attached hydrogen (secondary N) is 1. The molecule has 1 aliphatic carbocycles. The van der Waals surface area contributed by atoms with Crippen molar-refractivity contribution in [1.29, 1.82) is 0 Å². The molecule has 1 heterocycles. The van der Waals surface area contributed by atoms with Crippen LogP contribution in [-0.4, -0.2) is 51.7 Å². The molecule has 0 bridgehead atoms. The molecular formula is C28H34N2O6. The van der Waals surface area contributed by atoms with Gasteiger partial charge >= 0.3 is 5.97 Å². The van der Waals surface area contributed by atoms with E-state index in [0.29, 0.717) is 43.9 Å². The second-order valence-corrected chi connectivity index (χ2v) is 9.26. The highest BCUT2D eigenvalue weighted by Crippen LogP contribution is 2.36. The molecule has 0 spiro atoms. The summed E-state index contributed by atoms with van der Waals surface area (Å²) in [7, 11) is 3.15. The molecule has 2 unspecified atom stereocenters. The van der Waals surface area contributed by atoms with Crippen LogP contribution in [0.25, 0.3) is 0 Å². The fourth-order valence-electron chi connectivity index (χ4n) is 5.15. The van der Waals surface area contributed by atoms with Crippen LogP contribution in [0.1, 0.15) is 36.8 Å². The van der Waals surface area contributed by atoms with Gasteiger partial charge < -0.3 is 24.4 Å². The molecule has 0 radical (unpaired) electrons. The number of ether oxygens (including phenoxy) is 3. The van der Waals surface area contributed by atoms with Crippen LogP contribution in [0, 0.1) is 11.8 Å². The van der Waals surface area contributed by atoms with Crippen molar-refractivity contribution in [3.63, 3.8) is 0 Å². The van der Waals surface area contributed by atoms with Crippen LogP contribution in [0.15, 0.2) is 42.5 Å². The van der Waals surface area contributed by atoms with E-state index in [4.69, 9.17) is 14.2 Å². The Labute approximate surface area is 211 Å². The molecule has 2 aromatic carbocycles. The van der Waals surface area contributed by atoms with E-state index in [0.717, 1.165) is 36.1 Å². The van der Waals surface area contributed by atoms with Crippen molar-refractivity contribution in [2.45, 2.75) is 38.5 Å². The van der Waals surface area contributed by atoms with Crippen LogP contribution in [0.5, 0.6) is 11.5 Å². The summed E-state index contributed by atoms with van der Waals surface area (Å²) in [6, 6.07) is 13.5. The number of carbonyl (C=O) groups excluding carboxylic acids is 3. The third-order valence-electron chi connectivity index (χ3n) is 7.07. The van der Waals surface area contributed by atoms with Crippen molar-refractivity contribution >= 4 is 23.5 Å². The van der Waals surface area contributed by atoms with Gasteiger partial charge in [0.2, 0.25) is 5.91 Å². The lowest BCUT2D eigenvalue weighted by Crippen LogP contribution is -2.43. The number of amides is 2. The summed E-state index contributed by atoms with van der Waals surface area (Å²) in [4.78, 5) is 40.4. The molecule has 1 aliphatic heterocycles. The highest BCUT2D eigenvalue weighted by Gasteiger charge is 2.40. The van der Waals surface area contributed by atoms with Gasteiger partial charge in [-0.15, -0.1) is 0 Å². The number of fused-ring (bicyclic) bond motifs is 1. The smallest absolute Gasteiger partial charge is 0.310 e. The predicted molar refractivity (Wildman–Crippen MR) is 135 cm³/mol. The highest BCUT2D eigenvalue weighted by atomic mass is 16.5. The Morgan fingerprint density at radius 3 is 2.50 bits per heavy atom. The quantitative estimate of drug-likeness (QED) is 0.538. The van der Waals surface area contributed by atoms with Crippen molar-refractivity contribution < 1.29 is 28.6 Å². The second-order valence-electron chi connectivity index (χ2n) is 9.26. The van der Waals surface area contributed by atoms with E-state index >= 15 is 0 Å². The third-order valence-corrected chi connectivity index (χ3v) is 7.07. The van der Waals surface area contributed by atoms with Gasteiger partial charge in [-0.05, 0) is 55.0 Å². The third kappa shape index (κ3) is 5.80. The molecule has 2 aromatic rings. The van der Waals surface area contributed by atoms with Crippen LogP contribution < -0.4 is 19.7 Å². The zero-order valence-corrected chi connectivity index (χ0v) is 21.0. The number of para-hydroxylation sites is 1. The van der Waals surface area contributed by atoms with E-state index in [1.54, 1.807) is 14.2 Å². The Morgan fingerprint density at radius 1 is 0.972 bits per heavy atom. The van der Waals surface area contributed by atoms with Gasteiger partial charge in [0.05, 0.1) is 26.1 Å². The maximum atomic E-state index is 13.4. The first-order valence-corrected chi connectivity index (χ1v) is 12.6. The van der Waals surface area contributed by atoms with Gasteiger partial charge in [-0.25, -0.2) is 0 Å². The average molecular weight is 495 g/mol. The molecule has 2 amide bonds. The summed E-state index contributed by atoms with van der Waals surface area (Å²) in [6.07, 6.45) is 4.47. The van der Waals surface area contributed by atoms with E-state index in [1.165, 1.54) is 0 Å². The minimum atomic E-state index is -0.515. The van der Waals surface area contributed by atoms with E-state index in [-0.39, 0.29) is 18.4 Å². The van der Waals surface area contributed by atoms with Crippen LogP contribution in [-0.2, 0) is 32.0 Å². The Hall–Kier alpha value is -3.55. The van der Waals surface area contributed by atoms with E-state index in [1.807, 2.05) is 47.4 Å². The van der Waals surface area contributed by atoms with Crippen LogP contribution in [0.3, 0.4) is 0 Å². The normalized spacial score (nSPS) is 18.8. The zero-order valence-electron chi connectivity index (χ0n) is 21.0. The van der Waals surface area contributed by atoms with E-state index in [2.05, 4.69) is 5.32 Å². The first-order valence-electron chi connectivity index (χ1n) is 12.6. The maximum Gasteiger partial charge on any atom is 0.310 e. The molecule has 1 N–H and O–H groups in total. The van der Waals surface area contributed by atoms with Crippen LogP contribution in [0.2, 0.25) is 0 Å². The van der Waals surface area contributed by atoms with E-state index in [9.17, 15) is 14.4 Å². The van der Waals surface area contributed by atoms with Gasteiger partial charge in [0.15, 0.2) is 18.1 Å². The molecule has 0 aromatic heterocycles. The lowest BCUT2D eigenvalue weighted by molar-refractivity contribution is -0.157. The van der Waals surface area contributed by atoms with Crippen molar-refractivity contribution in [2.24, 2.45) is 11.8 Å². The first kappa shape index (κ1) is 25.5. The summed E-state index contributed by atoms with van der Waals surface area (Å²) in [5.74, 6) is -0.494. The summed E-state index contributed by atoms with van der Waals surface area (Å²) in [5.41, 5.74) is 3.08. The van der Waals surface area contributed by atoms with Crippen molar-refractivity contribution in [3.8, 4) is 11.5 Å². The lowest BCUT2D eigenvalue weighted by atomic mass is 9.78. The minimum Gasteiger partial charge on any atom is -0.493 e. The number of hydrogen-bond donors (Lipinski definition) is 1. The molecule has 36 heavy (non-hydrogen) atoms. The van der Waals surface area contributed by atoms with Crippen molar-refractivity contribution in [1.82, 2.24) is 5.32 Å². The molecule has 8 heteroatoms. The Balaban J connectivity index is 1.27. The fourth-order valence-corrected chi connectivity index (χ4v) is 5.15. The van der Waals surface area contributed by atoms with Gasteiger partial charge in [0.1, 0.15) is 0 Å². The fraction of sp³-hybridized carbons (Fsp3) is 0.464. The predicted octanol–water partition coefficient (Wildman–Crippen LogP) is 3.30. The number of methoxy groups -OCH3 is 2.